The molecule has 23 heavy (non-hydrogen) atoms. The Morgan fingerprint density at radius 3 is 2.52 bits per heavy atom. The van der Waals surface area contributed by atoms with Gasteiger partial charge >= 0.3 is 5.97 Å². The molecule has 1 N–H and O–H groups in total. The predicted octanol–water partition coefficient (Wildman–Crippen LogP) is 3.23. The van der Waals surface area contributed by atoms with Crippen LogP contribution >= 0.6 is 0 Å². The molecule has 1 saturated heterocycles. The highest BCUT2D eigenvalue weighted by Crippen LogP contribution is 2.28. The Morgan fingerprint density at radius 1 is 1.09 bits per heavy atom. The molecule has 1 heterocycles. The summed E-state index contributed by atoms with van der Waals surface area (Å²) in [6, 6.07) is 18.2. The molecule has 4 heteroatoms. The van der Waals surface area contributed by atoms with E-state index in [-0.39, 0.29) is 18.1 Å². The minimum atomic E-state index is -0.195. The molecular weight excluding hydrogens is 290 g/mol. The number of nitrogens with one attached hydrogen (secondary N) is 1. The number of rotatable bonds is 5. The van der Waals surface area contributed by atoms with E-state index in [0.29, 0.717) is 6.61 Å². The second-order valence-electron chi connectivity index (χ2n) is 5.72. The predicted molar refractivity (Wildman–Crippen MR) is 88.1 cm³/mol. The molecule has 2 atom stereocenters. The molecule has 0 bridgehead atoms. The van der Waals surface area contributed by atoms with Crippen molar-refractivity contribution in [3.63, 3.8) is 0 Å². The van der Waals surface area contributed by atoms with E-state index in [0.717, 1.165) is 24.2 Å². The zero-order valence-electron chi connectivity index (χ0n) is 13.2. The summed E-state index contributed by atoms with van der Waals surface area (Å²) in [6.45, 7) is 0.562. The summed E-state index contributed by atoms with van der Waals surface area (Å²) < 4.78 is 10.6. The molecule has 1 fully saturated rings. The van der Waals surface area contributed by atoms with Gasteiger partial charge in [0.2, 0.25) is 0 Å². The van der Waals surface area contributed by atoms with Crippen molar-refractivity contribution >= 4 is 5.97 Å². The van der Waals surface area contributed by atoms with Crippen LogP contribution in [0.25, 0.3) is 0 Å². The Hall–Kier alpha value is -2.33. The van der Waals surface area contributed by atoms with Crippen molar-refractivity contribution in [2.45, 2.75) is 31.5 Å². The minimum absolute atomic E-state index is 0.185. The van der Waals surface area contributed by atoms with Crippen LogP contribution in [0.4, 0.5) is 0 Å². The number of benzene rings is 2. The van der Waals surface area contributed by atoms with Gasteiger partial charge in [0.15, 0.2) is 0 Å². The Kier molecular flexibility index (Phi) is 4.93. The molecule has 2 aromatic carbocycles. The molecule has 120 valence electrons. The van der Waals surface area contributed by atoms with Crippen molar-refractivity contribution in [3.8, 4) is 5.75 Å². The zero-order chi connectivity index (χ0) is 16.1. The first-order valence-electron chi connectivity index (χ1n) is 7.87. The quantitative estimate of drug-likeness (QED) is 0.861. The van der Waals surface area contributed by atoms with Crippen LogP contribution in [0.15, 0.2) is 54.6 Å². The van der Waals surface area contributed by atoms with Crippen molar-refractivity contribution in [2.75, 3.05) is 7.11 Å². The fourth-order valence-electron chi connectivity index (χ4n) is 2.87. The van der Waals surface area contributed by atoms with Crippen LogP contribution in [0.1, 0.15) is 30.0 Å². The third-order valence-electron chi connectivity index (χ3n) is 4.16. The van der Waals surface area contributed by atoms with Gasteiger partial charge < -0.3 is 9.47 Å². The molecule has 1 aliphatic rings. The lowest BCUT2D eigenvalue weighted by Crippen LogP contribution is -2.33. The molecule has 0 aliphatic carbocycles. The fraction of sp³-hybridized carbons (Fsp3) is 0.316. The molecule has 4 nitrogen and oxygen atoms in total. The van der Waals surface area contributed by atoms with Crippen molar-refractivity contribution in [1.29, 1.82) is 0 Å². The third kappa shape index (κ3) is 3.90. The van der Waals surface area contributed by atoms with Crippen molar-refractivity contribution in [1.82, 2.24) is 5.32 Å². The largest absolute Gasteiger partial charge is 0.489 e. The molecular formula is C19H21NO3. The molecule has 0 saturated carbocycles. The van der Waals surface area contributed by atoms with E-state index in [1.54, 1.807) is 0 Å². The topological polar surface area (TPSA) is 47.6 Å². The maximum absolute atomic E-state index is 11.6. The van der Waals surface area contributed by atoms with Crippen LogP contribution in [0, 0.1) is 0 Å². The Labute approximate surface area is 136 Å². The van der Waals surface area contributed by atoms with Gasteiger partial charge in [-0.15, -0.1) is 0 Å². The van der Waals surface area contributed by atoms with Gasteiger partial charge in [-0.25, -0.2) is 0 Å². The maximum atomic E-state index is 11.6. The maximum Gasteiger partial charge on any atom is 0.322 e. The van der Waals surface area contributed by atoms with E-state index in [9.17, 15) is 4.79 Å². The lowest BCUT2D eigenvalue weighted by atomic mass is 10.1. The van der Waals surface area contributed by atoms with Crippen LogP contribution in [-0.4, -0.2) is 19.1 Å². The molecule has 1 aliphatic heterocycles. The molecule has 3 rings (SSSR count). The number of carbonyl (C=O) groups is 1. The monoisotopic (exact) mass is 311 g/mol. The normalized spacial score (nSPS) is 20.2. The van der Waals surface area contributed by atoms with Gasteiger partial charge in [-0.2, -0.15) is 0 Å². The van der Waals surface area contributed by atoms with Crippen LogP contribution in [0.3, 0.4) is 0 Å². The van der Waals surface area contributed by atoms with E-state index < -0.39 is 0 Å². The van der Waals surface area contributed by atoms with Gasteiger partial charge in [0.25, 0.3) is 0 Å². The Balaban J connectivity index is 1.56. The lowest BCUT2D eigenvalue weighted by molar-refractivity contribution is -0.142. The molecule has 0 radical (unpaired) electrons. The summed E-state index contributed by atoms with van der Waals surface area (Å²) >= 11 is 0. The highest BCUT2D eigenvalue weighted by Gasteiger charge is 2.30. The third-order valence-corrected chi connectivity index (χ3v) is 4.16. The number of methoxy groups -OCH3 is 1. The van der Waals surface area contributed by atoms with Gasteiger partial charge in [0.1, 0.15) is 18.4 Å². The highest BCUT2D eigenvalue weighted by molar-refractivity contribution is 5.76. The highest BCUT2D eigenvalue weighted by atomic mass is 16.5. The van der Waals surface area contributed by atoms with Crippen LogP contribution in [0.2, 0.25) is 0 Å². The fourth-order valence-corrected chi connectivity index (χ4v) is 2.87. The van der Waals surface area contributed by atoms with Crippen molar-refractivity contribution in [2.24, 2.45) is 0 Å². The summed E-state index contributed by atoms with van der Waals surface area (Å²) in [6.07, 6.45) is 1.74. The van der Waals surface area contributed by atoms with E-state index in [1.165, 1.54) is 12.7 Å². The first-order valence-corrected chi connectivity index (χ1v) is 7.87. The van der Waals surface area contributed by atoms with Crippen LogP contribution in [-0.2, 0) is 16.1 Å². The standard InChI is InChI=1S/C19H21NO3/c1-22-19(21)18-12-11-17(20-18)15-7-9-16(10-8-15)23-13-14-5-3-2-4-6-14/h2-10,17-18,20H,11-13H2,1H3/t17-,18-/m0/s1. The summed E-state index contributed by atoms with van der Waals surface area (Å²) in [7, 11) is 1.43. The number of esters is 1. The molecule has 0 amide bonds. The van der Waals surface area contributed by atoms with E-state index in [4.69, 9.17) is 9.47 Å². The minimum Gasteiger partial charge on any atom is -0.489 e. The van der Waals surface area contributed by atoms with Crippen LogP contribution < -0.4 is 10.1 Å². The van der Waals surface area contributed by atoms with Gasteiger partial charge in [-0.1, -0.05) is 42.5 Å². The number of ether oxygens (including phenoxy) is 2. The van der Waals surface area contributed by atoms with Crippen LogP contribution in [0.5, 0.6) is 5.75 Å². The smallest absolute Gasteiger partial charge is 0.322 e. The summed E-state index contributed by atoms with van der Waals surface area (Å²) in [5, 5.41) is 3.32. The second kappa shape index (κ2) is 7.29. The summed E-state index contributed by atoms with van der Waals surface area (Å²) in [5.41, 5.74) is 2.32. The Morgan fingerprint density at radius 2 is 1.83 bits per heavy atom. The summed E-state index contributed by atoms with van der Waals surface area (Å²) in [5.74, 6) is 0.662. The number of hydrogen-bond donors (Lipinski definition) is 1. The van der Waals surface area contributed by atoms with Crippen molar-refractivity contribution < 1.29 is 14.3 Å². The van der Waals surface area contributed by atoms with E-state index in [2.05, 4.69) is 17.4 Å². The van der Waals surface area contributed by atoms with Gasteiger partial charge in [0.05, 0.1) is 7.11 Å². The Bertz CT molecular complexity index is 639. The molecule has 2 aromatic rings. The second-order valence-corrected chi connectivity index (χ2v) is 5.72. The number of carbonyl (C=O) groups excluding carboxylic acids is 1. The zero-order valence-corrected chi connectivity index (χ0v) is 13.2. The van der Waals surface area contributed by atoms with Gasteiger partial charge in [0, 0.05) is 6.04 Å². The molecule has 0 spiro atoms. The van der Waals surface area contributed by atoms with Gasteiger partial charge in [-0.3, -0.25) is 10.1 Å². The van der Waals surface area contributed by atoms with E-state index >= 15 is 0 Å². The van der Waals surface area contributed by atoms with Gasteiger partial charge in [-0.05, 0) is 36.1 Å². The summed E-state index contributed by atoms with van der Waals surface area (Å²) in [4.78, 5) is 11.6. The first-order chi connectivity index (χ1) is 11.3. The molecule has 0 unspecified atom stereocenters. The lowest BCUT2D eigenvalue weighted by Gasteiger charge is -2.14. The number of hydrogen-bond acceptors (Lipinski definition) is 4. The van der Waals surface area contributed by atoms with E-state index in [1.807, 2.05) is 42.5 Å². The van der Waals surface area contributed by atoms with Crippen molar-refractivity contribution in [3.05, 3.63) is 65.7 Å². The molecule has 0 aromatic heterocycles. The first kappa shape index (κ1) is 15.6. The average molecular weight is 311 g/mol. The SMILES string of the molecule is COC(=O)[C@@H]1CC[C@@H](c2ccc(OCc3ccccc3)cc2)N1. The average Bonchev–Trinajstić information content (AvgIpc) is 3.11.